The normalized spacial score (nSPS) is 30.1. The minimum Gasteiger partial charge on any atom is -1.00 e. The predicted molar refractivity (Wildman–Crippen MR) is 414 cm³/mol. The van der Waals surface area contributed by atoms with Crippen molar-refractivity contribution >= 4 is 82.9 Å². The van der Waals surface area contributed by atoms with Crippen molar-refractivity contribution in [1.29, 1.82) is 5.26 Å². The monoisotopic (exact) mass is 1650 g/mol. The second kappa shape index (κ2) is 42.1. The van der Waals surface area contributed by atoms with Crippen molar-refractivity contribution < 1.29 is 141 Å². The molecule has 2 bridgehead atoms. The van der Waals surface area contributed by atoms with Gasteiger partial charge in [-0.15, -0.1) is 6.58 Å². The number of alkyl halides is 3. The predicted octanol–water partition coefficient (Wildman–Crippen LogP) is 6.12. The number of ketones is 2. The zero-order chi connectivity index (χ0) is 83.9. The van der Waals surface area contributed by atoms with Crippen LogP contribution < -0.4 is 40.2 Å². The number of aliphatic hydroxyl groups excluding tert-OH is 3. The molecule has 6 saturated heterocycles. The number of piperidine rings is 2. The molecule has 28 nitrogen and oxygen atoms in total. The van der Waals surface area contributed by atoms with Gasteiger partial charge in [0.25, 0.3) is 29.4 Å². The number of aliphatic carboxylic acids is 1. The quantitative estimate of drug-likeness (QED) is 0.0113. The van der Waals surface area contributed by atoms with Crippen molar-refractivity contribution in [3.05, 3.63) is 113 Å². The van der Waals surface area contributed by atoms with Crippen LogP contribution in [0.4, 0.5) is 18.9 Å². The summed E-state index contributed by atoms with van der Waals surface area (Å²) in [5, 5.41) is 64.4. The Balaban J connectivity index is 0.000000324. The maximum absolute atomic E-state index is 14.3. The van der Waals surface area contributed by atoms with Gasteiger partial charge in [0.15, 0.2) is 5.57 Å². The summed E-state index contributed by atoms with van der Waals surface area (Å²) in [6.07, 6.45) is 0.780. The number of esters is 1. The molecule has 11 rings (SSSR count). The largest absolute Gasteiger partial charge is 1.00 e. The van der Waals surface area contributed by atoms with Crippen molar-refractivity contribution in [2.45, 2.75) is 213 Å². The van der Waals surface area contributed by atoms with Crippen molar-refractivity contribution in [2.75, 3.05) is 72.5 Å². The van der Waals surface area contributed by atoms with Crippen molar-refractivity contribution in [1.82, 2.24) is 29.1 Å². The fourth-order valence-electron chi connectivity index (χ4n) is 14.5. The number of halogens is 3. The van der Waals surface area contributed by atoms with Crippen LogP contribution in [-0.2, 0) is 80.0 Å². The zero-order valence-electron chi connectivity index (χ0n) is 68.3. The summed E-state index contributed by atoms with van der Waals surface area (Å²) in [5.41, 5.74) is 0.374. The Kier molecular flexibility index (Phi) is 35.4. The first-order valence-corrected chi connectivity index (χ1v) is 40.8. The number of amides is 6. The van der Waals surface area contributed by atoms with Crippen LogP contribution in [0, 0.1) is 46.3 Å². The van der Waals surface area contributed by atoms with E-state index in [1.165, 1.54) is 64.5 Å². The van der Waals surface area contributed by atoms with E-state index >= 15 is 0 Å². The molecule has 2 aromatic rings. The molecular formula is C80H111F3N8NaO20PS. The van der Waals surface area contributed by atoms with Crippen molar-refractivity contribution in [3.8, 4) is 6.07 Å². The SMILES string of the molecule is C/C(O)=C(\C#N)C(=O)Nc1ccc(C(F)(F)F)cc1.C=CC[C@@H]1/C=C(\C)C[C@H](C)C[C@H](OC)[C@H]2O[C@@](O)(C(=O)C(=O)N3CCCC[C@H]3C(=O)O[C@H](/C(C)=C/[C@@H]3CC[C@@H](O)[C@H](OC)C3)[C@H](C)[C@@H](O)CC1=O)[C@H](C)C[C@@H]2OC.CC(C)(C)C(=O)O.O=C1CCC(N2C(=O)c3ccccc3C2=O)C(=O)N1.S=P(N1CC1)(N1CC1)N1CC1.[H-].[Na+]. The average Bonchev–Trinajstić information content (AvgIpc) is 1.57. The topological polar surface area (TPSA) is 381 Å². The Hall–Kier alpha value is -6.77. The summed E-state index contributed by atoms with van der Waals surface area (Å²) in [5.74, 6) is -11.8. The second-order valence-corrected chi connectivity index (χ2v) is 35.5. The van der Waals surface area contributed by atoms with Crippen LogP contribution in [0.25, 0.3) is 0 Å². The number of hydrogen-bond acceptors (Lipinski definition) is 21. The zero-order valence-corrected chi connectivity index (χ0v) is 71.0. The van der Waals surface area contributed by atoms with E-state index < -0.39 is 154 Å². The molecule has 8 aliphatic heterocycles. The number of imide groups is 2. The molecule has 15 atom stereocenters. The van der Waals surface area contributed by atoms with E-state index in [4.69, 9.17) is 51.0 Å². The van der Waals surface area contributed by atoms with Crippen LogP contribution in [0.1, 0.15) is 173 Å². The molecule has 6 amide bonds. The smallest absolute Gasteiger partial charge is 1.00 e. The third-order valence-corrected chi connectivity index (χ3v) is 26.9. The van der Waals surface area contributed by atoms with Crippen LogP contribution in [0.5, 0.6) is 0 Å². The van der Waals surface area contributed by atoms with E-state index in [1.54, 1.807) is 72.1 Å². The third-order valence-electron chi connectivity index (χ3n) is 21.4. The van der Waals surface area contributed by atoms with E-state index in [0.29, 0.717) is 68.1 Å². The number of hydrogen-bond donors (Lipinski definition) is 7. The summed E-state index contributed by atoms with van der Waals surface area (Å²) in [7, 11) is 4.61. The number of carboxylic acid groups (broad SMARTS) is 1. The molecule has 624 valence electrons. The number of cyclic esters (lactones) is 1. The van der Waals surface area contributed by atoms with Gasteiger partial charge in [0.1, 0.15) is 48.4 Å². The number of benzene rings is 2. The van der Waals surface area contributed by atoms with Crippen molar-refractivity contribution in [2.24, 2.45) is 35.0 Å². The number of rotatable bonds is 13. The summed E-state index contributed by atoms with van der Waals surface area (Å²) in [6.45, 7) is 25.5. The maximum Gasteiger partial charge on any atom is 1.00 e. The summed E-state index contributed by atoms with van der Waals surface area (Å²) >= 11 is 5.75. The number of nitriles is 1. The van der Waals surface area contributed by atoms with E-state index in [2.05, 4.69) is 31.2 Å². The first-order valence-electron chi connectivity index (χ1n) is 38.2. The number of ether oxygens (including phenoxy) is 5. The summed E-state index contributed by atoms with van der Waals surface area (Å²) in [6, 6.07) is 9.62. The maximum atomic E-state index is 14.3. The number of nitrogens with one attached hydrogen (secondary N) is 2. The minimum absolute atomic E-state index is 0. The number of aliphatic hydroxyl groups is 4. The molecule has 9 aliphatic rings. The van der Waals surface area contributed by atoms with Crippen LogP contribution in [0.2, 0.25) is 0 Å². The number of allylic oxidation sites excluding steroid dienone is 5. The minimum atomic E-state index is -4.46. The van der Waals surface area contributed by atoms with Crippen molar-refractivity contribution in [3.63, 3.8) is 0 Å². The summed E-state index contributed by atoms with van der Waals surface area (Å²) in [4.78, 5) is 127. The standard InChI is InChI=1S/C44H69NO12.C13H10N2O4.C12H9F3N2O2.C6H12N3PS.C5H10O2.Na.H/c1-10-13-31-19-25(2)18-26(3)20-37(54-8)40-38(55-9)22-28(5)44(52,57-40)41(49)42(50)45-17-12-11-14-32(45)43(51)56-39(29(6)34(47)24-35(31)48)27(4)21-30-15-16-33(46)36(23-30)53-7;16-10-6-5-9(11(17)14-10)15-12(18)7-3-1-2-4-8(7)13(15)19;1-7(18)10(6-16)11(19)17-9-4-2-8(3-5-9)12(13,14)15;11-10(7-1-2-7,8-3-4-8)9-5-6-9;1-5(2,3)4(6)7;;/h10,19,21,26,28-34,36-40,46-47,52H,1,11-18,20,22-24H2,2-9H3;1-4,9H,5-6H2,(H,14,16,17);2-5,18H,1H3,(H,17,19);1-6H2;1-3H3,(H,6,7);;/q;;;;;+1;-1/b25-19+,27-21+;;10-7-;;;;/t26-,28+,29+,30-,31+,32-,33+,34-,36+,37-,38-,39+,40+,44+;;;;;;/m0....../s1. The van der Waals surface area contributed by atoms with E-state index in [0.717, 1.165) is 41.7 Å². The fourth-order valence-corrected chi connectivity index (χ4v) is 18.9. The molecule has 1 aliphatic carbocycles. The Morgan fingerprint density at radius 2 is 1.33 bits per heavy atom. The molecule has 114 heavy (non-hydrogen) atoms. The molecule has 0 aromatic heterocycles. The number of fused-ring (bicyclic) bond motifs is 4. The Morgan fingerprint density at radius 3 is 1.82 bits per heavy atom. The van der Waals surface area contributed by atoms with Crippen LogP contribution >= 0.6 is 6.49 Å². The van der Waals surface area contributed by atoms with Gasteiger partial charge in [0, 0.05) is 103 Å². The van der Waals surface area contributed by atoms with Gasteiger partial charge < -0.3 is 60.9 Å². The number of anilines is 1. The molecule has 0 spiro atoms. The average molecular weight is 1650 g/mol. The van der Waals surface area contributed by atoms with Gasteiger partial charge in [-0.25, -0.2) is 18.8 Å². The first kappa shape index (κ1) is 96.1. The third kappa shape index (κ3) is 24.9. The number of nitrogens with zero attached hydrogens (tertiary/aromatic N) is 6. The molecule has 1 unspecified atom stereocenters. The van der Waals surface area contributed by atoms with Crippen LogP contribution in [0.3, 0.4) is 0 Å². The van der Waals surface area contributed by atoms with Gasteiger partial charge in [-0.1, -0.05) is 56.7 Å². The Morgan fingerprint density at radius 1 is 0.781 bits per heavy atom. The Bertz CT molecular complexity index is 3940. The van der Waals surface area contributed by atoms with Gasteiger partial charge in [-0.2, -0.15) is 18.4 Å². The van der Waals surface area contributed by atoms with Crippen LogP contribution in [0.15, 0.2) is 95.8 Å². The van der Waals surface area contributed by atoms with Gasteiger partial charge >= 0.3 is 47.7 Å². The number of carbonyl (C=O) groups is 10. The van der Waals surface area contributed by atoms with E-state index in [1.807, 2.05) is 32.9 Å². The van der Waals surface area contributed by atoms with Gasteiger partial charge in [-0.05, 0) is 178 Å². The molecule has 34 heteroatoms. The van der Waals surface area contributed by atoms with Gasteiger partial charge in [-0.3, -0.25) is 53.4 Å². The molecule has 8 heterocycles. The van der Waals surface area contributed by atoms with Gasteiger partial charge in [0.05, 0.1) is 52.6 Å². The molecule has 1 saturated carbocycles. The molecule has 2 aromatic carbocycles. The molecule has 0 radical (unpaired) electrons. The second-order valence-electron chi connectivity index (χ2n) is 31.3. The van der Waals surface area contributed by atoms with E-state index in [-0.39, 0.29) is 105 Å². The Labute approximate surface area is 693 Å². The fraction of sp³-hybridized carbons (Fsp3) is 0.613. The van der Waals surface area contributed by atoms with Crippen LogP contribution in [-0.4, -0.2) is 236 Å². The number of carbonyl (C=O) groups excluding carboxylic acids is 9. The number of methoxy groups -OCH3 is 3. The number of Topliss-reactive ketones (excluding diaryl/α,β-unsaturated/α-hetero) is 2. The summed E-state index contributed by atoms with van der Waals surface area (Å²) < 4.78 is 74.1. The van der Waals surface area contributed by atoms with Gasteiger partial charge in [0.2, 0.25) is 17.6 Å². The molecule has 7 N–H and O–H groups in total. The number of carboxylic acids is 1. The van der Waals surface area contributed by atoms with E-state index in [9.17, 15) is 76.4 Å². The first-order chi connectivity index (χ1) is 53.1. The molecular weight excluding hydrogens is 1540 g/mol. The molecule has 7 fully saturated rings.